The molecule has 1 saturated carbocycles. The third-order valence-electron chi connectivity index (χ3n) is 3.82. The van der Waals surface area contributed by atoms with Gasteiger partial charge in [0, 0.05) is 28.1 Å². The van der Waals surface area contributed by atoms with Crippen molar-refractivity contribution in [3.63, 3.8) is 0 Å². The number of thioether (sulfide) groups is 1. The Morgan fingerprint density at radius 3 is 2.87 bits per heavy atom. The van der Waals surface area contributed by atoms with E-state index in [1.54, 1.807) is 23.1 Å². The summed E-state index contributed by atoms with van der Waals surface area (Å²) in [5, 5.41) is 12.8. The molecule has 6 heteroatoms. The van der Waals surface area contributed by atoms with E-state index in [0.717, 1.165) is 28.2 Å². The van der Waals surface area contributed by atoms with Crippen LogP contribution in [0.15, 0.2) is 46.9 Å². The Hall–Kier alpha value is -1.30. The van der Waals surface area contributed by atoms with Crippen LogP contribution in [0.3, 0.4) is 0 Å². The summed E-state index contributed by atoms with van der Waals surface area (Å²) in [4.78, 5) is 1.34. The van der Waals surface area contributed by atoms with Crippen molar-refractivity contribution in [2.45, 2.75) is 36.2 Å². The van der Waals surface area contributed by atoms with Crippen molar-refractivity contribution >= 4 is 34.7 Å². The highest BCUT2D eigenvalue weighted by Crippen LogP contribution is 2.39. The van der Waals surface area contributed by atoms with E-state index in [-0.39, 0.29) is 0 Å². The molecule has 1 fully saturated rings. The van der Waals surface area contributed by atoms with Gasteiger partial charge in [-0.05, 0) is 42.0 Å². The summed E-state index contributed by atoms with van der Waals surface area (Å²) in [6.07, 6.45) is 3.35. The van der Waals surface area contributed by atoms with Crippen LogP contribution in [-0.2, 0) is 12.2 Å². The van der Waals surface area contributed by atoms with Crippen molar-refractivity contribution < 1.29 is 0 Å². The lowest BCUT2D eigenvalue weighted by Crippen LogP contribution is -2.03. The van der Waals surface area contributed by atoms with Crippen molar-refractivity contribution in [3.8, 4) is 0 Å². The highest BCUT2D eigenvalue weighted by atomic mass is 35.5. The van der Waals surface area contributed by atoms with E-state index in [0.29, 0.717) is 6.04 Å². The van der Waals surface area contributed by atoms with E-state index in [9.17, 15) is 0 Å². The van der Waals surface area contributed by atoms with Gasteiger partial charge in [0.1, 0.15) is 5.82 Å². The van der Waals surface area contributed by atoms with Gasteiger partial charge in [-0.15, -0.1) is 21.5 Å². The first-order chi connectivity index (χ1) is 11.3. The Labute approximate surface area is 148 Å². The molecule has 0 atom stereocenters. The maximum atomic E-state index is 6.06. The van der Waals surface area contributed by atoms with Crippen LogP contribution in [0.4, 0.5) is 0 Å². The number of thiophene rings is 1. The Morgan fingerprint density at radius 2 is 2.13 bits per heavy atom. The second kappa shape index (κ2) is 6.67. The van der Waals surface area contributed by atoms with Gasteiger partial charge < -0.3 is 4.57 Å². The molecule has 0 radical (unpaired) electrons. The number of benzene rings is 1. The van der Waals surface area contributed by atoms with E-state index >= 15 is 0 Å². The molecule has 1 aliphatic rings. The predicted molar refractivity (Wildman–Crippen MR) is 96.4 cm³/mol. The molecule has 0 bridgehead atoms. The largest absolute Gasteiger partial charge is 0.303 e. The lowest BCUT2D eigenvalue weighted by Gasteiger charge is -2.08. The summed E-state index contributed by atoms with van der Waals surface area (Å²) in [5.41, 5.74) is 1.22. The molecule has 4 rings (SSSR count). The van der Waals surface area contributed by atoms with Gasteiger partial charge >= 0.3 is 0 Å². The molecular weight excluding hydrogens is 346 g/mol. The summed E-state index contributed by atoms with van der Waals surface area (Å²) in [7, 11) is 0. The topological polar surface area (TPSA) is 30.7 Å². The van der Waals surface area contributed by atoms with Crippen molar-refractivity contribution in [2.24, 2.45) is 0 Å². The maximum absolute atomic E-state index is 6.06. The number of hydrogen-bond donors (Lipinski definition) is 0. The summed E-state index contributed by atoms with van der Waals surface area (Å²) in [6.45, 7) is 0. The zero-order valence-electron chi connectivity index (χ0n) is 12.5. The Bertz CT molecular complexity index is 794. The van der Waals surface area contributed by atoms with Gasteiger partial charge in [-0.25, -0.2) is 0 Å². The van der Waals surface area contributed by atoms with Gasteiger partial charge in [0.25, 0.3) is 0 Å². The second-order valence-corrected chi connectivity index (χ2v) is 8.09. The van der Waals surface area contributed by atoms with Gasteiger partial charge in [-0.3, -0.25) is 0 Å². The SMILES string of the molecule is Clc1cccc(CSc2nnc(Cc3cccs3)n2C2CC2)c1. The van der Waals surface area contributed by atoms with Crippen molar-refractivity contribution in [2.75, 3.05) is 0 Å². The number of aromatic nitrogens is 3. The monoisotopic (exact) mass is 361 g/mol. The van der Waals surface area contributed by atoms with Crippen LogP contribution in [0.2, 0.25) is 5.02 Å². The van der Waals surface area contributed by atoms with Gasteiger partial charge in [0.05, 0.1) is 0 Å². The van der Waals surface area contributed by atoms with E-state index in [2.05, 4.69) is 38.3 Å². The maximum Gasteiger partial charge on any atom is 0.191 e. The van der Waals surface area contributed by atoms with Crippen LogP contribution in [-0.4, -0.2) is 14.8 Å². The molecular formula is C17H16ClN3S2. The Kier molecular flexibility index (Phi) is 4.42. The lowest BCUT2D eigenvalue weighted by molar-refractivity contribution is 0.635. The molecule has 0 spiro atoms. The van der Waals surface area contributed by atoms with E-state index < -0.39 is 0 Å². The van der Waals surface area contributed by atoms with Crippen molar-refractivity contribution in [1.82, 2.24) is 14.8 Å². The number of nitrogens with zero attached hydrogens (tertiary/aromatic N) is 3. The summed E-state index contributed by atoms with van der Waals surface area (Å²) >= 11 is 9.58. The van der Waals surface area contributed by atoms with Crippen LogP contribution in [0.1, 0.15) is 35.1 Å². The van der Waals surface area contributed by atoms with Crippen LogP contribution < -0.4 is 0 Å². The smallest absolute Gasteiger partial charge is 0.191 e. The molecule has 2 heterocycles. The molecule has 2 aromatic heterocycles. The van der Waals surface area contributed by atoms with Gasteiger partial charge in [0.15, 0.2) is 5.16 Å². The fourth-order valence-electron chi connectivity index (χ4n) is 2.57. The molecule has 3 nitrogen and oxygen atoms in total. The third-order valence-corrected chi connectivity index (χ3v) is 5.94. The molecule has 1 aliphatic carbocycles. The quantitative estimate of drug-likeness (QED) is 0.564. The van der Waals surface area contributed by atoms with E-state index in [1.165, 1.54) is 23.3 Å². The first-order valence-corrected chi connectivity index (χ1v) is 9.87. The summed E-state index contributed by atoms with van der Waals surface area (Å²) in [5.74, 6) is 1.95. The van der Waals surface area contributed by atoms with Crippen LogP contribution in [0.25, 0.3) is 0 Å². The minimum Gasteiger partial charge on any atom is -0.303 e. The molecule has 1 aromatic carbocycles. The van der Waals surface area contributed by atoms with Gasteiger partial charge in [-0.2, -0.15) is 0 Å². The minimum absolute atomic E-state index is 0.585. The van der Waals surface area contributed by atoms with Gasteiger partial charge in [-0.1, -0.05) is 41.6 Å². The molecule has 0 aliphatic heterocycles. The first-order valence-electron chi connectivity index (χ1n) is 7.63. The zero-order chi connectivity index (χ0) is 15.6. The first kappa shape index (κ1) is 15.2. The lowest BCUT2D eigenvalue weighted by atomic mass is 10.2. The average Bonchev–Trinajstić information content (AvgIpc) is 3.10. The highest BCUT2D eigenvalue weighted by molar-refractivity contribution is 7.98. The fourth-order valence-corrected chi connectivity index (χ4v) is 4.45. The van der Waals surface area contributed by atoms with Crippen LogP contribution >= 0.6 is 34.7 Å². The van der Waals surface area contributed by atoms with Crippen LogP contribution in [0, 0.1) is 0 Å². The number of hydrogen-bond acceptors (Lipinski definition) is 4. The third kappa shape index (κ3) is 3.62. The normalized spacial score (nSPS) is 14.3. The van der Waals surface area contributed by atoms with E-state index in [4.69, 9.17) is 11.6 Å². The molecule has 0 N–H and O–H groups in total. The fraction of sp³-hybridized carbons (Fsp3) is 0.294. The molecule has 23 heavy (non-hydrogen) atoms. The van der Waals surface area contributed by atoms with Crippen molar-refractivity contribution in [3.05, 3.63) is 63.1 Å². The Morgan fingerprint density at radius 1 is 1.22 bits per heavy atom. The zero-order valence-corrected chi connectivity index (χ0v) is 14.9. The predicted octanol–water partition coefficient (Wildman–Crippen LogP) is 5.21. The summed E-state index contributed by atoms with van der Waals surface area (Å²) < 4.78 is 2.34. The second-order valence-electron chi connectivity index (χ2n) is 5.67. The average molecular weight is 362 g/mol. The molecule has 3 aromatic rings. The minimum atomic E-state index is 0.585. The molecule has 0 unspecified atom stereocenters. The highest BCUT2D eigenvalue weighted by Gasteiger charge is 2.29. The number of halogens is 1. The Balaban J connectivity index is 1.53. The summed E-state index contributed by atoms with van der Waals surface area (Å²) in [6, 6.07) is 12.8. The molecule has 118 valence electrons. The van der Waals surface area contributed by atoms with E-state index in [1.807, 2.05) is 18.2 Å². The number of rotatable bonds is 6. The van der Waals surface area contributed by atoms with Crippen LogP contribution in [0.5, 0.6) is 0 Å². The standard InChI is InChI=1S/C17H16ClN3S2/c18-13-4-1-3-12(9-13)11-23-17-20-19-16(21(17)14-6-7-14)10-15-5-2-8-22-15/h1-5,8-9,14H,6-7,10-11H2. The molecule has 0 amide bonds. The van der Waals surface area contributed by atoms with Gasteiger partial charge in [0.2, 0.25) is 0 Å². The van der Waals surface area contributed by atoms with Crippen molar-refractivity contribution in [1.29, 1.82) is 0 Å². The molecule has 0 saturated heterocycles.